The second kappa shape index (κ2) is 6.21. The lowest BCUT2D eigenvalue weighted by Gasteiger charge is -2.08. The molecule has 0 bridgehead atoms. The SMILES string of the molecule is Cc1nc2c(OCc3ccc(C#N)cc3)cccn2c1CC#N. The number of aromatic nitrogens is 2. The van der Waals surface area contributed by atoms with Crippen molar-refractivity contribution >= 4 is 5.65 Å². The normalized spacial score (nSPS) is 10.2. The van der Waals surface area contributed by atoms with Crippen molar-refractivity contribution in [1.82, 2.24) is 9.38 Å². The Morgan fingerprint density at radius 1 is 1.17 bits per heavy atom. The molecule has 2 heterocycles. The van der Waals surface area contributed by atoms with E-state index < -0.39 is 0 Å². The maximum atomic E-state index is 8.94. The fraction of sp³-hybridized carbons (Fsp3) is 0.167. The van der Waals surface area contributed by atoms with Gasteiger partial charge in [-0.3, -0.25) is 4.40 Å². The molecular weight excluding hydrogens is 288 g/mol. The second-order valence-corrected chi connectivity index (χ2v) is 5.14. The summed E-state index contributed by atoms with van der Waals surface area (Å²) < 4.78 is 7.77. The van der Waals surface area contributed by atoms with Gasteiger partial charge in [0, 0.05) is 6.20 Å². The van der Waals surface area contributed by atoms with Crippen molar-refractivity contribution in [2.75, 3.05) is 0 Å². The molecule has 0 fully saturated rings. The van der Waals surface area contributed by atoms with Crippen molar-refractivity contribution in [3.05, 3.63) is 65.1 Å². The summed E-state index contributed by atoms with van der Waals surface area (Å²) in [6.45, 7) is 2.29. The number of fused-ring (bicyclic) bond motifs is 1. The van der Waals surface area contributed by atoms with Crippen molar-refractivity contribution in [1.29, 1.82) is 10.5 Å². The third-order valence-corrected chi connectivity index (χ3v) is 3.64. The lowest BCUT2D eigenvalue weighted by molar-refractivity contribution is 0.308. The molecule has 0 aliphatic carbocycles. The van der Waals surface area contributed by atoms with Crippen LogP contribution in [-0.2, 0) is 13.0 Å². The zero-order valence-corrected chi connectivity index (χ0v) is 12.7. The van der Waals surface area contributed by atoms with Crippen LogP contribution in [0.15, 0.2) is 42.6 Å². The van der Waals surface area contributed by atoms with Crippen LogP contribution in [0.4, 0.5) is 0 Å². The Labute approximate surface area is 134 Å². The molecule has 112 valence electrons. The minimum atomic E-state index is 0.312. The van der Waals surface area contributed by atoms with Gasteiger partial charge < -0.3 is 4.74 Å². The van der Waals surface area contributed by atoms with Gasteiger partial charge in [0.2, 0.25) is 0 Å². The standard InChI is InChI=1S/C18H14N4O/c1-13-16(8-9-19)22-10-2-3-17(18(22)21-13)23-12-15-6-4-14(11-20)5-7-15/h2-7,10H,8,12H2,1H3. The van der Waals surface area contributed by atoms with E-state index in [0.29, 0.717) is 30.0 Å². The second-order valence-electron chi connectivity index (χ2n) is 5.14. The van der Waals surface area contributed by atoms with Gasteiger partial charge in [0.25, 0.3) is 0 Å². The van der Waals surface area contributed by atoms with E-state index in [0.717, 1.165) is 17.0 Å². The molecular formula is C18H14N4O. The van der Waals surface area contributed by atoms with E-state index in [4.69, 9.17) is 15.3 Å². The maximum Gasteiger partial charge on any atom is 0.180 e. The molecule has 0 spiro atoms. The predicted octanol–water partition coefficient (Wildman–Crippen LogP) is 3.16. The lowest BCUT2D eigenvalue weighted by Crippen LogP contribution is -1.99. The number of aryl methyl sites for hydroxylation is 1. The molecule has 0 radical (unpaired) electrons. The van der Waals surface area contributed by atoms with Crippen LogP contribution in [0.2, 0.25) is 0 Å². The number of imidazole rings is 1. The molecule has 0 N–H and O–H groups in total. The molecule has 0 atom stereocenters. The molecule has 23 heavy (non-hydrogen) atoms. The predicted molar refractivity (Wildman–Crippen MR) is 84.7 cm³/mol. The van der Waals surface area contributed by atoms with Crippen LogP contribution in [0.3, 0.4) is 0 Å². The summed E-state index contributed by atoms with van der Waals surface area (Å²) in [5.74, 6) is 0.671. The van der Waals surface area contributed by atoms with E-state index in [1.807, 2.05) is 41.8 Å². The fourth-order valence-corrected chi connectivity index (χ4v) is 2.44. The van der Waals surface area contributed by atoms with Crippen LogP contribution in [0, 0.1) is 29.6 Å². The molecule has 0 saturated heterocycles. The van der Waals surface area contributed by atoms with Gasteiger partial charge in [-0.15, -0.1) is 0 Å². The molecule has 0 aliphatic heterocycles. The Balaban J connectivity index is 1.87. The highest BCUT2D eigenvalue weighted by atomic mass is 16.5. The first-order valence-corrected chi connectivity index (χ1v) is 7.18. The largest absolute Gasteiger partial charge is 0.485 e. The number of nitriles is 2. The van der Waals surface area contributed by atoms with Gasteiger partial charge in [0.1, 0.15) is 6.61 Å². The van der Waals surface area contributed by atoms with Crippen LogP contribution >= 0.6 is 0 Å². The summed E-state index contributed by atoms with van der Waals surface area (Å²) in [4.78, 5) is 4.52. The molecule has 1 aromatic carbocycles. The average molecular weight is 302 g/mol. The molecule has 0 amide bonds. The van der Waals surface area contributed by atoms with Crippen LogP contribution in [-0.4, -0.2) is 9.38 Å². The molecule has 0 unspecified atom stereocenters. The lowest BCUT2D eigenvalue weighted by atomic mass is 10.2. The molecule has 3 aromatic rings. The number of ether oxygens (including phenoxy) is 1. The van der Waals surface area contributed by atoms with Gasteiger partial charge in [-0.05, 0) is 36.8 Å². The van der Waals surface area contributed by atoms with Crippen molar-refractivity contribution in [2.45, 2.75) is 20.0 Å². The Hall–Kier alpha value is -3.31. The highest BCUT2D eigenvalue weighted by molar-refractivity contribution is 5.56. The highest BCUT2D eigenvalue weighted by Crippen LogP contribution is 2.23. The van der Waals surface area contributed by atoms with Gasteiger partial charge in [-0.2, -0.15) is 10.5 Å². The highest BCUT2D eigenvalue weighted by Gasteiger charge is 2.12. The van der Waals surface area contributed by atoms with Gasteiger partial charge in [-0.25, -0.2) is 4.98 Å². The third-order valence-electron chi connectivity index (χ3n) is 3.64. The van der Waals surface area contributed by atoms with E-state index in [9.17, 15) is 0 Å². The fourth-order valence-electron chi connectivity index (χ4n) is 2.44. The molecule has 0 saturated carbocycles. The zero-order chi connectivity index (χ0) is 16.2. The van der Waals surface area contributed by atoms with Gasteiger partial charge >= 0.3 is 0 Å². The van der Waals surface area contributed by atoms with E-state index in [1.54, 1.807) is 12.1 Å². The first-order valence-electron chi connectivity index (χ1n) is 7.18. The molecule has 2 aromatic heterocycles. The number of benzene rings is 1. The summed E-state index contributed by atoms with van der Waals surface area (Å²) in [6, 6.07) is 15.3. The smallest absolute Gasteiger partial charge is 0.180 e. The Morgan fingerprint density at radius 3 is 2.65 bits per heavy atom. The average Bonchev–Trinajstić information content (AvgIpc) is 2.90. The summed E-state index contributed by atoms with van der Waals surface area (Å²) in [5.41, 5.74) is 4.03. The number of hydrogen-bond acceptors (Lipinski definition) is 4. The Morgan fingerprint density at radius 2 is 1.96 bits per heavy atom. The Kier molecular flexibility index (Phi) is 3.95. The topological polar surface area (TPSA) is 74.1 Å². The molecule has 3 rings (SSSR count). The first kappa shape index (κ1) is 14.6. The number of rotatable bonds is 4. The number of nitrogens with zero attached hydrogens (tertiary/aromatic N) is 4. The number of hydrogen-bond donors (Lipinski definition) is 0. The van der Waals surface area contributed by atoms with E-state index in [2.05, 4.69) is 17.1 Å². The molecule has 5 nitrogen and oxygen atoms in total. The summed E-state index contributed by atoms with van der Waals surface area (Å²) in [5, 5.41) is 17.8. The van der Waals surface area contributed by atoms with E-state index >= 15 is 0 Å². The van der Waals surface area contributed by atoms with Crippen molar-refractivity contribution in [2.24, 2.45) is 0 Å². The van der Waals surface area contributed by atoms with Gasteiger partial charge in [-0.1, -0.05) is 12.1 Å². The minimum absolute atomic E-state index is 0.312. The van der Waals surface area contributed by atoms with Gasteiger partial charge in [0.15, 0.2) is 11.4 Å². The first-order chi connectivity index (χ1) is 11.2. The van der Waals surface area contributed by atoms with E-state index in [-0.39, 0.29) is 0 Å². The van der Waals surface area contributed by atoms with Crippen molar-refractivity contribution in [3.63, 3.8) is 0 Å². The van der Waals surface area contributed by atoms with Crippen molar-refractivity contribution < 1.29 is 4.74 Å². The zero-order valence-electron chi connectivity index (χ0n) is 12.7. The summed E-state index contributed by atoms with van der Waals surface area (Å²) >= 11 is 0. The van der Waals surface area contributed by atoms with Crippen molar-refractivity contribution in [3.8, 4) is 17.9 Å². The molecule has 5 heteroatoms. The molecule has 0 aliphatic rings. The van der Waals surface area contributed by atoms with Gasteiger partial charge in [0.05, 0.1) is 35.5 Å². The quantitative estimate of drug-likeness (QED) is 0.742. The summed E-state index contributed by atoms with van der Waals surface area (Å²) in [7, 11) is 0. The van der Waals surface area contributed by atoms with E-state index in [1.165, 1.54) is 0 Å². The minimum Gasteiger partial charge on any atom is -0.485 e. The number of pyridine rings is 1. The monoisotopic (exact) mass is 302 g/mol. The van der Waals surface area contributed by atoms with Crippen LogP contribution in [0.1, 0.15) is 22.5 Å². The third kappa shape index (κ3) is 2.86. The van der Waals surface area contributed by atoms with Crippen LogP contribution in [0.5, 0.6) is 5.75 Å². The maximum absolute atomic E-state index is 8.94. The van der Waals surface area contributed by atoms with Crippen LogP contribution in [0.25, 0.3) is 5.65 Å². The Bertz CT molecular complexity index is 927. The van der Waals surface area contributed by atoms with Crippen LogP contribution < -0.4 is 4.74 Å². The summed E-state index contributed by atoms with van der Waals surface area (Å²) in [6.07, 6.45) is 2.20.